The highest BCUT2D eigenvalue weighted by molar-refractivity contribution is 7.91. The SMILES string of the molecule is CC(C)(C)OC(=O)N[C@H]1CCCCC/C=C\[C@@H]2C[C@@]2(C(=O)NS(=O)(=O)C2CC2)NC(=O)[C@@H]2C[C@@H](O)CN2C1=O.Cc1cccc2oc(Cl)nc12.Cc1cccc2oc(O[C@@H]3C[C@H]4C(=O)N[C@]5(C(=O)NS(=O)(=O)C6CC6)C[C@H]5/C=C\CCCCC[C@H](NC(=O)OC(C)(C)C)C(=O)N4C3)nc12. The molecule has 99 heavy (non-hydrogen) atoms. The molecule has 31 heteroatoms. The van der Waals surface area contributed by atoms with Crippen LogP contribution in [0.25, 0.3) is 22.2 Å². The summed E-state index contributed by atoms with van der Waals surface area (Å²) in [6.45, 7) is 14.0. The predicted octanol–water partition coefficient (Wildman–Crippen LogP) is 7.02. The number of amides is 8. The van der Waals surface area contributed by atoms with Gasteiger partial charge in [0.25, 0.3) is 17.2 Å². The Balaban J connectivity index is 0.000000188. The molecule has 0 bridgehead atoms. The lowest BCUT2D eigenvalue weighted by molar-refractivity contribution is -0.141. The summed E-state index contributed by atoms with van der Waals surface area (Å²) < 4.78 is 82.6. The van der Waals surface area contributed by atoms with Crippen molar-refractivity contribution in [3.63, 3.8) is 0 Å². The van der Waals surface area contributed by atoms with Crippen LogP contribution in [0.1, 0.15) is 168 Å². The van der Waals surface area contributed by atoms with Crippen molar-refractivity contribution >= 4 is 101 Å². The van der Waals surface area contributed by atoms with E-state index in [1.54, 1.807) is 47.6 Å². The van der Waals surface area contributed by atoms with Crippen molar-refractivity contribution in [3.05, 3.63) is 77.2 Å². The molecule has 4 aromatic rings. The first-order valence-corrected chi connectivity index (χ1v) is 37.5. The average molecular weight is 1440 g/mol. The Morgan fingerprint density at radius 2 is 1.06 bits per heavy atom. The van der Waals surface area contributed by atoms with E-state index in [9.17, 15) is 60.3 Å². The fraction of sp³-hybridized carbons (Fsp3) is 0.618. The Hall–Kier alpha value is -7.83. The summed E-state index contributed by atoms with van der Waals surface area (Å²) in [5.41, 5.74) is 0.208. The fourth-order valence-electron chi connectivity index (χ4n) is 12.8. The summed E-state index contributed by atoms with van der Waals surface area (Å²) in [6.07, 6.45) is 13.2. The first-order valence-electron chi connectivity index (χ1n) is 34.1. The minimum Gasteiger partial charge on any atom is -0.445 e. The van der Waals surface area contributed by atoms with E-state index in [2.05, 4.69) is 40.7 Å². The Labute approximate surface area is 580 Å². The summed E-state index contributed by atoms with van der Waals surface area (Å²) in [6, 6.07) is 7.08. The second-order valence-electron chi connectivity index (χ2n) is 29.1. The second kappa shape index (κ2) is 29.8. The number of aromatic nitrogens is 2. The van der Waals surface area contributed by atoms with Gasteiger partial charge in [0.1, 0.15) is 63.6 Å². The number of hydrogen-bond acceptors (Lipinski definition) is 20. The lowest BCUT2D eigenvalue weighted by Gasteiger charge is -2.30. The topological polar surface area (TPSA) is 383 Å². The van der Waals surface area contributed by atoms with Gasteiger partial charge in [-0.05, 0) is 167 Å². The minimum absolute atomic E-state index is 0.0122. The molecular weight excluding hydrogens is 1340 g/mol. The summed E-state index contributed by atoms with van der Waals surface area (Å²) in [5, 5.41) is 20.3. The molecule has 8 amide bonds. The number of hydrogen-bond donors (Lipinski definition) is 7. The van der Waals surface area contributed by atoms with Gasteiger partial charge < -0.3 is 59.2 Å². The summed E-state index contributed by atoms with van der Waals surface area (Å²) in [5.74, 6) is -4.69. The normalized spacial score (nSPS) is 28.4. The van der Waals surface area contributed by atoms with Gasteiger partial charge in [-0.1, -0.05) is 74.3 Å². The Kier molecular flexibility index (Phi) is 22.2. The quantitative estimate of drug-likeness (QED) is 0.0784. The van der Waals surface area contributed by atoms with E-state index in [1.165, 1.54) is 9.80 Å². The zero-order valence-electron chi connectivity index (χ0n) is 57.1. The number of aliphatic hydroxyl groups excluding tert-OH is 1. The maximum absolute atomic E-state index is 14.3. The number of halogens is 1. The third-order valence-corrected chi connectivity index (χ3v) is 22.3. The van der Waals surface area contributed by atoms with E-state index in [-0.39, 0.29) is 50.2 Å². The first kappa shape index (κ1) is 73.9. The molecule has 0 spiro atoms. The van der Waals surface area contributed by atoms with E-state index < -0.39 is 149 Å². The number of rotatable bonds is 10. The molecule has 0 unspecified atom stereocenters. The van der Waals surface area contributed by atoms with Gasteiger partial charge in [0, 0.05) is 31.2 Å². The molecule has 12 rings (SSSR count). The van der Waals surface area contributed by atoms with Crippen molar-refractivity contribution in [2.24, 2.45) is 11.8 Å². The maximum atomic E-state index is 14.3. The molecule has 4 saturated carbocycles. The average Bonchev–Trinajstić information content (AvgIpc) is 1.58. The van der Waals surface area contributed by atoms with Gasteiger partial charge in [-0.15, -0.1) is 0 Å². The van der Waals surface area contributed by atoms with E-state index in [0.717, 1.165) is 47.9 Å². The molecule has 6 heterocycles. The van der Waals surface area contributed by atoms with Gasteiger partial charge in [-0.3, -0.25) is 38.2 Å². The van der Waals surface area contributed by atoms with Crippen LogP contribution >= 0.6 is 11.6 Å². The van der Waals surface area contributed by atoms with Crippen LogP contribution in [0.4, 0.5) is 9.59 Å². The van der Waals surface area contributed by atoms with Crippen molar-refractivity contribution in [1.29, 1.82) is 0 Å². The largest absolute Gasteiger partial charge is 0.445 e. The van der Waals surface area contributed by atoms with Crippen LogP contribution in [0, 0.1) is 25.7 Å². The number of sulfonamides is 2. The fourth-order valence-corrected chi connectivity index (χ4v) is 15.7. The standard InChI is InChI=1S/C34H45N5O9S.C26H40N4O8S.C8H6ClNO/c1-20-11-10-14-26-27(20)36-32(47-26)46-22-17-25-28(40)37-34(30(42)38-49(44,45)23-15-16-23)18-21(34)12-8-6-5-7-9-13-24(29(41)39(25)19-22)35-31(43)48-33(2,3)4;1-25(2,3)38-24(35)27-19-10-8-6-4-5-7-9-16-14-26(16,23(34)29-39(36,37)18-11-12-18)28-21(32)20-13-17(31)15-30(20)22(19)33;1-5-3-2-4-6-7(5)10-8(9)11-6/h8,10-12,14,21-25H,5-7,9,13,15-19H2,1-4H3,(H,35,43)(H,37,40)(H,38,42);7,9,16-20,31H,4-6,8,10-15H2,1-3H3,(H,27,35)(H,28,32)(H,29,34);2-4H,1H3/b12-8-;9-7-;/t21-,22-,24+,25+,34-;16-,17-,19+,20+,26-;/m11./s1. The number of fused-ring (bicyclic) bond motifs is 6. The van der Waals surface area contributed by atoms with E-state index >= 15 is 0 Å². The number of carbonyl (C=O) groups is 8. The van der Waals surface area contributed by atoms with E-state index in [1.807, 2.05) is 68.5 Å². The molecule has 8 aliphatic rings. The molecule has 2 aromatic carbocycles. The number of aliphatic hydroxyl groups is 1. The molecule has 540 valence electrons. The molecule has 10 atom stereocenters. The number of nitrogens with zero attached hydrogens (tertiary/aromatic N) is 4. The molecule has 2 saturated heterocycles. The molecule has 6 fully saturated rings. The van der Waals surface area contributed by atoms with Gasteiger partial charge in [0.2, 0.25) is 43.7 Å². The molecule has 7 N–H and O–H groups in total. The second-order valence-corrected chi connectivity index (χ2v) is 33.3. The minimum atomic E-state index is -3.88. The Bertz CT molecular complexity index is 4030. The van der Waals surface area contributed by atoms with Gasteiger partial charge >= 0.3 is 18.3 Å². The predicted molar refractivity (Wildman–Crippen MR) is 362 cm³/mol. The number of alkyl carbamates (subject to hydrolysis) is 2. The Morgan fingerprint density at radius 1 is 0.616 bits per heavy atom. The van der Waals surface area contributed by atoms with Crippen LogP contribution in [0.3, 0.4) is 0 Å². The van der Waals surface area contributed by atoms with Gasteiger partial charge in [0.15, 0.2) is 11.2 Å². The van der Waals surface area contributed by atoms with Gasteiger partial charge in [-0.2, -0.15) is 9.97 Å². The van der Waals surface area contributed by atoms with Crippen molar-refractivity contribution in [3.8, 4) is 6.08 Å². The third kappa shape index (κ3) is 18.6. The number of allylic oxidation sites excluding steroid dienone is 2. The monoisotopic (exact) mass is 1430 g/mol. The summed E-state index contributed by atoms with van der Waals surface area (Å²) in [7, 11) is -7.70. The van der Waals surface area contributed by atoms with Crippen LogP contribution < -0.4 is 35.4 Å². The van der Waals surface area contributed by atoms with Crippen molar-refractivity contribution in [2.75, 3.05) is 13.1 Å². The number of nitrogens with one attached hydrogen (secondary N) is 6. The lowest BCUT2D eigenvalue weighted by atomic mass is 10.0. The molecule has 2 aromatic heterocycles. The Morgan fingerprint density at radius 3 is 1.51 bits per heavy atom. The molecule has 28 nitrogen and oxygen atoms in total. The van der Waals surface area contributed by atoms with Gasteiger partial charge in [-0.25, -0.2) is 26.4 Å². The molecular formula is C68H91ClN10O18S2. The maximum Gasteiger partial charge on any atom is 0.408 e. The van der Waals surface area contributed by atoms with Crippen LogP contribution in [0.2, 0.25) is 5.35 Å². The van der Waals surface area contributed by atoms with Gasteiger partial charge in [0.05, 0.1) is 23.1 Å². The number of ether oxygens (including phenoxy) is 3. The summed E-state index contributed by atoms with van der Waals surface area (Å²) in [4.78, 5) is 119. The number of aryl methyl sites for hydroxylation is 2. The highest BCUT2D eigenvalue weighted by Crippen LogP contribution is 2.48. The smallest absolute Gasteiger partial charge is 0.408 e. The number of oxazole rings is 2. The molecule has 0 radical (unpaired) electrons. The van der Waals surface area contributed by atoms with Crippen molar-refractivity contribution in [2.45, 2.75) is 240 Å². The number of benzene rings is 2. The zero-order chi connectivity index (χ0) is 71.6. The summed E-state index contributed by atoms with van der Waals surface area (Å²) >= 11 is 5.58. The van der Waals surface area contributed by atoms with Crippen molar-refractivity contribution < 1.29 is 83.3 Å². The van der Waals surface area contributed by atoms with Crippen LogP contribution in [-0.2, 0) is 58.3 Å². The van der Waals surface area contributed by atoms with Crippen LogP contribution in [-0.4, -0.2) is 172 Å². The van der Waals surface area contributed by atoms with Crippen LogP contribution in [0.5, 0.6) is 6.08 Å². The lowest BCUT2D eigenvalue weighted by Crippen LogP contribution is -2.58. The number of carbonyl (C=O) groups excluding carboxylic acids is 8. The first-order chi connectivity index (χ1) is 46.6. The molecule has 4 aliphatic carbocycles. The molecule has 4 aliphatic heterocycles. The highest BCUT2D eigenvalue weighted by Gasteiger charge is 2.64. The van der Waals surface area contributed by atoms with Crippen molar-refractivity contribution in [1.82, 2.24) is 50.5 Å². The van der Waals surface area contributed by atoms with Crippen LogP contribution in [0.15, 0.2) is 69.5 Å². The third-order valence-electron chi connectivity index (χ3n) is 18.5. The highest BCUT2D eigenvalue weighted by atomic mass is 35.5. The van der Waals surface area contributed by atoms with E-state index in [0.29, 0.717) is 75.3 Å². The zero-order valence-corrected chi connectivity index (χ0v) is 59.4. The number of para-hydroxylation sites is 2. The van der Waals surface area contributed by atoms with E-state index in [4.69, 9.17) is 34.6 Å².